The average Bonchev–Trinajstić information content (AvgIpc) is 3.21. The molecule has 0 aliphatic rings. The van der Waals surface area contributed by atoms with Gasteiger partial charge in [0.2, 0.25) is 0 Å². The Morgan fingerprint density at radius 3 is 1.14 bits per heavy atom. The molecule has 0 amide bonds. The molecule has 0 aromatic rings. The molecule has 0 heterocycles. The van der Waals surface area contributed by atoms with Gasteiger partial charge in [-0.2, -0.15) is 0 Å². The van der Waals surface area contributed by atoms with Crippen molar-refractivity contribution < 1.29 is 24.2 Å². The van der Waals surface area contributed by atoms with Crippen LogP contribution in [0.2, 0.25) is 0 Å². The van der Waals surface area contributed by atoms with E-state index in [2.05, 4.69) is 62.5 Å². The van der Waals surface area contributed by atoms with E-state index in [1.54, 1.807) is 0 Å². The molecule has 1 atom stereocenters. The van der Waals surface area contributed by atoms with Crippen LogP contribution < -0.4 is 0 Å². The summed E-state index contributed by atoms with van der Waals surface area (Å²) in [5.41, 5.74) is 0. The average molecular weight is 799 g/mol. The fourth-order valence-corrected chi connectivity index (χ4v) is 7.19. The van der Waals surface area contributed by atoms with Crippen molar-refractivity contribution in [2.45, 2.75) is 258 Å². The molecule has 0 aromatic carbocycles. The molecule has 0 aromatic heterocycles. The van der Waals surface area contributed by atoms with Crippen LogP contribution >= 0.6 is 0 Å². The maximum absolute atomic E-state index is 12.2. The largest absolute Gasteiger partial charge is 0.462 e. The van der Waals surface area contributed by atoms with E-state index >= 15 is 0 Å². The van der Waals surface area contributed by atoms with Gasteiger partial charge in [-0.15, -0.1) is 0 Å². The predicted molar refractivity (Wildman–Crippen MR) is 247 cm³/mol. The van der Waals surface area contributed by atoms with Gasteiger partial charge in [-0.25, -0.2) is 0 Å². The molecular weight excluding hydrogens is 705 g/mol. The minimum Gasteiger partial charge on any atom is -0.462 e. The molecule has 0 aliphatic heterocycles. The minimum absolute atomic E-state index is 0.0612. The summed E-state index contributed by atoms with van der Waals surface area (Å²) < 4.78 is 10.6. The van der Waals surface area contributed by atoms with E-state index in [0.717, 1.165) is 64.2 Å². The zero-order valence-corrected chi connectivity index (χ0v) is 37.9. The minimum atomic E-state index is -0.767. The van der Waals surface area contributed by atoms with Crippen LogP contribution in [0, 0.1) is 0 Å². The van der Waals surface area contributed by atoms with E-state index in [0.29, 0.717) is 12.8 Å². The molecule has 1 N–H and O–H groups in total. The van der Waals surface area contributed by atoms with Crippen molar-refractivity contribution in [3.8, 4) is 0 Å². The van der Waals surface area contributed by atoms with Crippen LogP contribution in [-0.4, -0.2) is 36.4 Å². The summed E-state index contributed by atoms with van der Waals surface area (Å²) in [5.74, 6) is -0.580. The second-order valence-electron chi connectivity index (χ2n) is 16.5. The first-order valence-electron chi connectivity index (χ1n) is 24.7. The Morgan fingerprint density at radius 1 is 0.421 bits per heavy atom. The van der Waals surface area contributed by atoms with Gasteiger partial charge in [-0.05, 0) is 51.4 Å². The van der Waals surface area contributed by atoms with Crippen LogP contribution in [0.4, 0.5) is 0 Å². The molecule has 0 aliphatic carbocycles. The number of allylic oxidation sites excluding steroid dienone is 8. The molecule has 5 heteroatoms. The van der Waals surface area contributed by atoms with Gasteiger partial charge in [0.25, 0.3) is 0 Å². The van der Waals surface area contributed by atoms with Crippen molar-refractivity contribution in [1.29, 1.82) is 0 Å². The standard InChI is InChI=1S/C52H94O5/c1-3-5-7-9-11-13-15-17-18-19-20-21-22-23-24-25-26-27-28-29-30-31-32-33-34-35-37-39-41-43-45-47-52(55)57-50(48-53)49-56-51(54)46-44-42-40-38-36-16-14-12-10-8-6-4-2/h5,7,11,13,17-18,20-21,50,53H,3-4,6,8-10,12,14-16,19,22-49H2,1-2H3/b7-5-,13-11-,18-17-,21-20-. The quantitative estimate of drug-likeness (QED) is 0.0377. The molecule has 0 radical (unpaired) electrons. The molecule has 332 valence electrons. The lowest BCUT2D eigenvalue weighted by molar-refractivity contribution is -0.161. The van der Waals surface area contributed by atoms with Crippen LogP contribution in [0.1, 0.15) is 251 Å². The number of hydrogen-bond acceptors (Lipinski definition) is 5. The Bertz CT molecular complexity index is 950. The first-order chi connectivity index (χ1) is 28.1. The molecular formula is C52H94O5. The van der Waals surface area contributed by atoms with Crippen molar-refractivity contribution in [2.75, 3.05) is 13.2 Å². The van der Waals surface area contributed by atoms with Gasteiger partial charge in [0.1, 0.15) is 6.61 Å². The Hall–Kier alpha value is -2.14. The van der Waals surface area contributed by atoms with Crippen molar-refractivity contribution in [2.24, 2.45) is 0 Å². The molecule has 1 unspecified atom stereocenters. The van der Waals surface area contributed by atoms with Crippen molar-refractivity contribution in [3.63, 3.8) is 0 Å². The van der Waals surface area contributed by atoms with E-state index in [4.69, 9.17) is 9.47 Å². The monoisotopic (exact) mass is 799 g/mol. The highest BCUT2D eigenvalue weighted by Crippen LogP contribution is 2.16. The fourth-order valence-electron chi connectivity index (χ4n) is 7.19. The van der Waals surface area contributed by atoms with E-state index in [1.165, 1.54) is 161 Å². The number of rotatable bonds is 45. The Morgan fingerprint density at radius 2 is 0.754 bits per heavy atom. The lowest BCUT2D eigenvalue weighted by atomic mass is 10.0. The summed E-state index contributed by atoms with van der Waals surface area (Å²) in [6.07, 6.45) is 62.1. The van der Waals surface area contributed by atoms with E-state index in [9.17, 15) is 14.7 Å². The Labute approximate surface area is 354 Å². The molecule has 57 heavy (non-hydrogen) atoms. The second-order valence-corrected chi connectivity index (χ2v) is 16.5. The predicted octanol–water partition coefficient (Wildman–Crippen LogP) is 16.1. The first kappa shape index (κ1) is 54.9. The molecule has 0 bridgehead atoms. The topological polar surface area (TPSA) is 72.8 Å². The first-order valence-corrected chi connectivity index (χ1v) is 24.7. The van der Waals surface area contributed by atoms with Gasteiger partial charge < -0.3 is 14.6 Å². The van der Waals surface area contributed by atoms with E-state index in [1.807, 2.05) is 0 Å². The summed E-state index contributed by atoms with van der Waals surface area (Å²) in [5, 5.41) is 9.59. The SMILES string of the molecule is CC/C=C\C/C=C\C/C=C\C/C=C\CCCCCCCCCCCCCCCCCCCCC(=O)OC(CO)COC(=O)CCCCCCCCCCCCCC. The maximum Gasteiger partial charge on any atom is 0.306 e. The van der Waals surface area contributed by atoms with E-state index < -0.39 is 6.10 Å². The summed E-state index contributed by atoms with van der Waals surface area (Å²) in [6.45, 7) is 4.04. The molecule has 0 fully saturated rings. The fraction of sp³-hybridized carbons (Fsp3) is 0.808. The van der Waals surface area contributed by atoms with E-state index in [-0.39, 0.29) is 25.2 Å². The second kappa shape index (κ2) is 48.2. The smallest absolute Gasteiger partial charge is 0.306 e. The Balaban J connectivity index is 3.43. The van der Waals surface area contributed by atoms with Crippen molar-refractivity contribution in [3.05, 3.63) is 48.6 Å². The summed E-state index contributed by atoms with van der Waals surface area (Å²) in [6, 6.07) is 0. The summed E-state index contributed by atoms with van der Waals surface area (Å²) >= 11 is 0. The van der Waals surface area contributed by atoms with Gasteiger partial charge in [-0.3, -0.25) is 9.59 Å². The van der Waals surface area contributed by atoms with Gasteiger partial charge in [0.05, 0.1) is 6.61 Å². The third-order valence-electron chi connectivity index (χ3n) is 10.9. The van der Waals surface area contributed by atoms with Gasteiger partial charge in [-0.1, -0.05) is 236 Å². The maximum atomic E-state index is 12.2. The molecule has 0 saturated heterocycles. The van der Waals surface area contributed by atoms with Gasteiger partial charge in [0, 0.05) is 12.8 Å². The molecule has 0 spiro atoms. The van der Waals surface area contributed by atoms with Gasteiger partial charge in [0.15, 0.2) is 6.10 Å². The Kier molecular flexibility index (Phi) is 46.4. The lowest BCUT2D eigenvalue weighted by Gasteiger charge is -2.15. The molecule has 0 saturated carbocycles. The summed E-state index contributed by atoms with van der Waals surface area (Å²) in [4.78, 5) is 24.3. The third-order valence-corrected chi connectivity index (χ3v) is 10.9. The number of ether oxygens (including phenoxy) is 2. The highest BCUT2D eigenvalue weighted by Gasteiger charge is 2.16. The molecule has 0 rings (SSSR count). The highest BCUT2D eigenvalue weighted by atomic mass is 16.6. The van der Waals surface area contributed by atoms with Crippen LogP contribution in [0.15, 0.2) is 48.6 Å². The zero-order chi connectivity index (χ0) is 41.4. The number of carbonyl (C=O) groups is 2. The highest BCUT2D eigenvalue weighted by molar-refractivity contribution is 5.70. The normalized spacial score (nSPS) is 12.5. The molecule has 5 nitrogen and oxygen atoms in total. The number of esters is 2. The van der Waals surface area contributed by atoms with Crippen LogP contribution in [0.3, 0.4) is 0 Å². The van der Waals surface area contributed by atoms with Gasteiger partial charge >= 0.3 is 11.9 Å². The number of hydrogen-bond donors (Lipinski definition) is 1. The lowest BCUT2D eigenvalue weighted by Crippen LogP contribution is -2.28. The number of carbonyl (C=O) groups excluding carboxylic acids is 2. The zero-order valence-electron chi connectivity index (χ0n) is 37.9. The summed E-state index contributed by atoms with van der Waals surface area (Å²) in [7, 11) is 0. The van der Waals surface area contributed by atoms with Crippen molar-refractivity contribution >= 4 is 11.9 Å². The number of aliphatic hydroxyl groups excluding tert-OH is 1. The third kappa shape index (κ3) is 46.4. The van der Waals surface area contributed by atoms with Crippen LogP contribution in [-0.2, 0) is 19.1 Å². The number of aliphatic hydroxyl groups is 1. The van der Waals surface area contributed by atoms with Crippen LogP contribution in [0.25, 0.3) is 0 Å². The number of unbranched alkanes of at least 4 members (excludes halogenated alkanes) is 29. The van der Waals surface area contributed by atoms with Crippen molar-refractivity contribution in [1.82, 2.24) is 0 Å². The van der Waals surface area contributed by atoms with Crippen LogP contribution in [0.5, 0.6) is 0 Å².